The minimum Gasteiger partial charge on any atom is -0.338 e. The van der Waals surface area contributed by atoms with Crippen LogP contribution in [0.2, 0.25) is 0 Å². The molecule has 0 aromatic carbocycles. The third kappa shape index (κ3) is 4.27. The molecule has 2 amide bonds. The van der Waals surface area contributed by atoms with E-state index in [2.05, 4.69) is 10.0 Å². The fourth-order valence-corrected chi connectivity index (χ4v) is 2.18. The summed E-state index contributed by atoms with van der Waals surface area (Å²) >= 11 is 1.15. The predicted octanol–water partition coefficient (Wildman–Crippen LogP) is 0.539. The Morgan fingerprint density at radius 3 is 3.13 bits per heavy atom. The number of nitrogens with two attached hydrogens (primary N) is 1. The number of carbonyl (C=O) groups excluding carboxylic acids is 1. The second-order valence-electron chi connectivity index (χ2n) is 3.76. The van der Waals surface area contributed by atoms with Crippen LogP contribution in [-0.2, 0) is 0 Å². The molecule has 88 valence electrons. The average molecular weight is 232 g/mol. The van der Waals surface area contributed by atoms with Crippen molar-refractivity contribution in [3.05, 3.63) is 0 Å². The van der Waals surface area contributed by atoms with Gasteiger partial charge in [-0.25, -0.2) is 4.79 Å². The number of urea groups is 1. The number of hydrogen-bond donors (Lipinski definition) is 3. The first-order valence-electron chi connectivity index (χ1n) is 5.39. The van der Waals surface area contributed by atoms with Crippen molar-refractivity contribution in [2.24, 2.45) is 11.1 Å². The van der Waals surface area contributed by atoms with Gasteiger partial charge < -0.3 is 10.2 Å². The van der Waals surface area contributed by atoms with Gasteiger partial charge >= 0.3 is 6.03 Å². The first-order chi connectivity index (χ1) is 7.27. The molecule has 1 unspecified atom stereocenters. The molecule has 1 atom stereocenters. The monoisotopic (exact) mass is 232 g/mol. The van der Waals surface area contributed by atoms with Gasteiger partial charge in [0, 0.05) is 38.3 Å². The topological polar surface area (TPSA) is 70.4 Å². The van der Waals surface area contributed by atoms with Crippen LogP contribution >= 0.6 is 12.1 Å². The second kappa shape index (κ2) is 6.92. The summed E-state index contributed by atoms with van der Waals surface area (Å²) in [5.41, 5.74) is 0. The standard InChI is InChI=1S/C9H20N4OS/c1-2-11-9(14)13-5-3-4-8(7-13)6-12-15-10/h8,12H,2-7,10H2,1H3,(H,11,14). The molecule has 0 radical (unpaired) electrons. The number of nitrogens with one attached hydrogen (secondary N) is 2. The number of likely N-dealkylation sites (tertiary alicyclic amines) is 1. The Labute approximate surface area is 95.4 Å². The Bertz CT molecular complexity index is 203. The Morgan fingerprint density at radius 1 is 1.67 bits per heavy atom. The lowest BCUT2D eigenvalue weighted by molar-refractivity contribution is 0.167. The molecule has 0 bridgehead atoms. The van der Waals surface area contributed by atoms with E-state index in [-0.39, 0.29) is 6.03 Å². The summed E-state index contributed by atoms with van der Waals surface area (Å²) < 4.78 is 3.05. The zero-order valence-electron chi connectivity index (χ0n) is 9.16. The number of amides is 2. The van der Waals surface area contributed by atoms with Crippen molar-refractivity contribution in [1.29, 1.82) is 0 Å². The van der Waals surface area contributed by atoms with Gasteiger partial charge in [-0.05, 0) is 25.7 Å². The summed E-state index contributed by atoms with van der Waals surface area (Å²) in [4.78, 5) is 13.5. The van der Waals surface area contributed by atoms with Gasteiger partial charge in [0.15, 0.2) is 0 Å². The SMILES string of the molecule is CCNC(=O)N1CCCC(CNSN)C1. The Hall–Kier alpha value is -0.460. The van der Waals surface area contributed by atoms with Crippen molar-refractivity contribution < 1.29 is 4.79 Å². The smallest absolute Gasteiger partial charge is 0.317 e. The molecule has 1 aliphatic heterocycles. The largest absolute Gasteiger partial charge is 0.338 e. The molecule has 0 aromatic rings. The van der Waals surface area contributed by atoms with Crippen molar-refractivity contribution in [3.63, 3.8) is 0 Å². The number of piperidine rings is 1. The normalized spacial score (nSPS) is 21.5. The molecule has 1 heterocycles. The zero-order valence-corrected chi connectivity index (χ0v) is 9.98. The van der Waals surface area contributed by atoms with E-state index in [0.717, 1.165) is 38.2 Å². The van der Waals surface area contributed by atoms with Crippen molar-refractivity contribution in [2.45, 2.75) is 19.8 Å². The highest BCUT2D eigenvalue weighted by Crippen LogP contribution is 2.15. The maximum absolute atomic E-state index is 11.6. The third-order valence-electron chi connectivity index (χ3n) is 2.59. The van der Waals surface area contributed by atoms with Crippen molar-refractivity contribution in [2.75, 3.05) is 26.2 Å². The van der Waals surface area contributed by atoms with Gasteiger partial charge in [0.2, 0.25) is 0 Å². The molecule has 0 spiro atoms. The quantitative estimate of drug-likeness (QED) is 0.619. The van der Waals surface area contributed by atoms with Crippen molar-refractivity contribution in [3.8, 4) is 0 Å². The number of rotatable bonds is 4. The molecule has 0 aliphatic carbocycles. The lowest BCUT2D eigenvalue weighted by Gasteiger charge is -2.32. The van der Waals surface area contributed by atoms with Crippen LogP contribution in [0.5, 0.6) is 0 Å². The Balaban J connectivity index is 2.31. The molecule has 1 saturated heterocycles. The molecule has 0 aromatic heterocycles. The maximum atomic E-state index is 11.6. The van der Waals surface area contributed by atoms with Gasteiger partial charge in [-0.3, -0.25) is 9.86 Å². The fourth-order valence-electron chi connectivity index (χ4n) is 1.85. The Morgan fingerprint density at radius 2 is 2.47 bits per heavy atom. The summed E-state index contributed by atoms with van der Waals surface area (Å²) in [7, 11) is 0. The van der Waals surface area contributed by atoms with E-state index in [1.54, 1.807) is 0 Å². The van der Waals surface area contributed by atoms with Crippen LogP contribution in [0.15, 0.2) is 0 Å². The highest BCUT2D eigenvalue weighted by atomic mass is 32.2. The van der Waals surface area contributed by atoms with Gasteiger partial charge in [0.25, 0.3) is 0 Å². The van der Waals surface area contributed by atoms with Crippen LogP contribution in [0.25, 0.3) is 0 Å². The van der Waals surface area contributed by atoms with E-state index in [0.29, 0.717) is 12.5 Å². The summed E-state index contributed by atoms with van der Waals surface area (Å²) in [6, 6.07) is 0.0580. The molecule has 4 N–H and O–H groups in total. The van der Waals surface area contributed by atoms with Crippen molar-refractivity contribution in [1.82, 2.24) is 14.9 Å². The van der Waals surface area contributed by atoms with E-state index in [1.165, 1.54) is 6.42 Å². The molecule has 6 heteroatoms. The van der Waals surface area contributed by atoms with E-state index in [4.69, 9.17) is 5.14 Å². The molecule has 15 heavy (non-hydrogen) atoms. The molecular weight excluding hydrogens is 212 g/mol. The van der Waals surface area contributed by atoms with Gasteiger partial charge in [-0.1, -0.05) is 0 Å². The molecule has 1 fully saturated rings. The number of nitrogens with zero attached hydrogens (tertiary/aromatic N) is 1. The first kappa shape index (κ1) is 12.6. The third-order valence-corrected chi connectivity index (χ3v) is 2.92. The van der Waals surface area contributed by atoms with Gasteiger partial charge in [0.05, 0.1) is 0 Å². The van der Waals surface area contributed by atoms with Crippen LogP contribution in [-0.4, -0.2) is 37.1 Å². The van der Waals surface area contributed by atoms with E-state index in [1.807, 2.05) is 11.8 Å². The summed E-state index contributed by atoms with van der Waals surface area (Å²) in [5.74, 6) is 0.525. The molecular formula is C9H20N4OS. The van der Waals surface area contributed by atoms with Crippen LogP contribution in [0, 0.1) is 5.92 Å². The first-order valence-corrected chi connectivity index (χ1v) is 6.27. The highest BCUT2D eigenvalue weighted by molar-refractivity contribution is 7.95. The van der Waals surface area contributed by atoms with Crippen molar-refractivity contribution >= 4 is 18.2 Å². The van der Waals surface area contributed by atoms with E-state index >= 15 is 0 Å². The predicted molar refractivity (Wildman–Crippen MR) is 63.2 cm³/mol. The van der Waals surface area contributed by atoms with Crippen LogP contribution in [0.3, 0.4) is 0 Å². The van der Waals surface area contributed by atoms with Gasteiger partial charge in [-0.15, -0.1) is 0 Å². The highest BCUT2D eigenvalue weighted by Gasteiger charge is 2.22. The lowest BCUT2D eigenvalue weighted by Crippen LogP contribution is -2.46. The van der Waals surface area contributed by atoms with Gasteiger partial charge in [-0.2, -0.15) is 0 Å². The van der Waals surface area contributed by atoms with Crippen LogP contribution < -0.4 is 15.2 Å². The summed E-state index contributed by atoms with van der Waals surface area (Å²) in [6.07, 6.45) is 2.25. The Kier molecular flexibility index (Phi) is 5.82. The fraction of sp³-hybridized carbons (Fsp3) is 0.889. The van der Waals surface area contributed by atoms with Crippen LogP contribution in [0.4, 0.5) is 4.79 Å². The minimum atomic E-state index is 0.0580. The molecule has 1 aliphatic rings. The average Bonchev–Trinajstić information content (AvgIpc) is 2.27. The molecule has 1 rings (SSSR count). The second-order valence-corrected chi connectivity index (χ2v) is 4.28. The van der Waals surface area contributed by atoms with E-state index in [9.17, 15) is 4.79 Å². The number of carbonyl (C=O) groups is 1. The lowest BCUT2D eigenvalue weighted by atomic mass is 9.99. The molecule has 0 saturated carbocycles. The number of hydrogen-bond acceptors (Lipinski definition) is 4. The summed E-state index contributed by atoms with van der Waals surface area (Å²) in [5, 5.41) is 8.13. The van der Waals surface area contributed by atoms with Crippen LogP contribution in [0.1, 0.15) is 19.8 Å². The molecule has 5 nitrogen and oxygen atoms in total. The van der Waals surface area contributed by atoms with E-state index < -0.39 is 0 Å². The van der Waals surface area contributed by atoms with Gasteiger partial charge in [0.1, 0.15) is 0 Å². The maximum Gasteiger partial charge on any atom is 0.317 e. The minimum absolute atomic E-state index is 0.0580. The zero-order chi connectivity index (χ0) is 11.1. The summed E-state index contributed by atoms with van der Waals surface area (Å²) in [6.45, 7) is 5.21.